The first-order valence-corrected chi connectivity index (χ1v) is 7.23. The van der Waals surface area contributed by atoms with Crippen LogP contribution < -0.4 is 5.73 Å². The van der Waals surface area contributed by atoms with E-state index in [-0.39, 0.29) is 0 Å². The van der Waals surface area contributed by atoms with Gasteiger partial charge in [-0.1, -0.05) is 13.3 Å². The van der Waals surface area contributed by atoms with Crippen LogP contribution in [0.1, 0.15) is 37.6 Å². The number of hydrogen-bond acceptors (Lipinski definition) is 4. The molecule has 1 aromatic heterocycles. The molecular formula is C15H25N3O. The van der Waals surface area contributed by atoms with Gasteiger partial charge in [0.1, 0.15) is 5.75 Å². The van der Waals surface area contributed by atoms with Crippen LogP contribution in [0.3, 0.4) is 0 Å². The van der Waals surface area contributed by atoms with Gasteiger partial charge in [-0.3, -0.25) is 9.88 Å². The molecule has 0 aromatic carbocycles. The smallest absolute Gasteiger partial charge is 0.138 e. The van der Waals surface area contributed by atoms with Gasteiger partial charge < -0.3 is 10.8 Å². The summed E-state index contributed by atoms with van der Waals surface area (Å²) in [6.45, 7) is 6.64. The highest BCUT2D eigenvalue weighted by Gasteiger charge is 2.27. The number of hydrogen-bond donors (Lipinski definition) is 2. The summed E-state index contributed by atoms with van der Waals surface area (Å²) in [5.74, 6) is 1.09. The minimum atomic E-state index is 0.291. The lowest BCUT2D eigenvalue weighted by Crippen LogP contribution is -2.46. The second kappa shape index (κ2) is 6.35. The Labute approximate surface area is 115 Å². The predicted molar refractivity (Wildman–Crippen MR) is 76.9 cm³/mol. The van der Waals surface area contributed by atoms with Crippen molar-refractivity contribution < 1.29 is 5.11 Å². The standard InChI is InChI=1S/C15H25N3O/c1-3-12-6-7-18(13(8-12)9-16)10-14-15(19)5-4-11(2)17-14/h4-5,12-13,19H,3,6-10,16H2,1-2H3. The number of nitrogens with zero attached hydrogens (tertiary/aromatic N) is 2. The lowest BCUT2D eigenvalue weighted by atomic mass is 9.89. The average molecular weight is 263 g/mol. The molecule has 1 fully saturated rings. The van der Waals surface area contributed by atoms with Crippen molar-refractivity contribution >= 4 is 0 Å². The number of rotatable bonds is 4. The van der Waals surface area contributed by atoms with Crippen LogP contribution in [-0.4, -0.2) is 34.1 Å². The predicted octanol–water partition coefficient (Wildman–Crippen LogP) is 2.04. The van der Waals surface area contributed by atoms with E-state index in [1.165, 1.54) is 19.3 Å². The quantitative estimate of drug-likeness (QED) is 0.872. The Morgan fingerprint density at radius 2 is 2.26 bits per heavy atom. The van der Waals surface area contributed by atoms with Crippen LogP contribution in [0.2, 0.25) is 0 Å². The van der Waals surface area contributed by atoms with E-state index in [2.05, 4.69) is 16.8 Å². The maximum atomic E-state index is 9.90. The summed E-state index contributed by atoms with van der Waals surface area (Å²) in [7, 11) is 0. The number of pyridine rings is 1. The van der Waals surface area contributed by atoms with E-state index in [0.717, 1.165) is 23.9 Å². The second-order valence-corrected chi connectivity index (χ2v) is 5.58. The molecule has 106 valence electrons. The third-order valence-electron chi connectivity index (χ3n) is 4.24. The van der Waals surface area contributed by atoms with Crippen LogP contribution in [0.15, 0.2) is 12.1 Å². The molecular weight excluding hydrogens is 238 g/mol. The van der Waals surface area contributed by atoms with Gasteiger partial charge in [0.25, 0.3) is 0 Å². The Morgan fingerprint density at radius 3 is 2.95 bits per heavy atom. The molecule has 0 saturated carbocycles. The largest absolute Gasteiger partial charge is 0.506 e. The van der Waals surface area contributed by atoms with Gasteiger partial charge in [0.05, 0.1) is 5.69 Å². The van der Waals surface area contributed by atoms with E-state index in [1.54, 1.807) is 6.07 Å². The molecule has 0 amide bonds. The monoisotopic (exact) mass is 263 g/mol. The fourth-order valence-electron chi connectivity index (χ4n) is 2.92. The molecule has 3 N–H and O–H groups in total. The number of nitrogens with two attached hydrogens (primary N) is 1. The van der Waals surface area contributed by atoms with Crippen molar-refractivity contribution in [3.8, 4) is 5.75 Å². The molecule has 2 heterocycles. The Bertz CT molecular complexity index is 422. The van der Waals surface area contributed by atoms with Crippen molar-refractivity contribution in [1.29, 1.82) is 0 Å². The van der Waals surface area contributed by atoms with Crippen molar-refractivity contribution in [3.05, 3.63) is 23.5 Å². The molecule has 19 heavy (non-hydrogen) atoms. The topological polar surface area (TPSA) is 62.4 Å². The zero-order valence-electron chi connectivity index (χ0n) is 12.0. The summed E-state index contributed by atoms with van der Waals surface area (Å²) < 4.78 is 0. The van der Waals surface area contributed by atoms with Gasteiger partial charge in [-0.05, 0) is 44.4 Å². The molecule has 2 unspecified atom stereocenters. The SMILES string of the molecule is CCC1CCN(Cc2nc(C)ccc2O)C(CN)C1. The average Bonchev–Trinajstić information content (AvgIpc) is 2.43. The molecule has 0 aliphatic carbocycles. The van der Waals surface area contributed by atoms with Gasteiger partial charge in [0.15, 0.2) is 0 Å². The van der Waals surface area contributed by atoms with Crippen molar-refractivity contribution in [2.45, 2.75) is 45.7 Å². The normalized spacial score (nSPS) is 24.6. The highest BCUT2D eigenvalue weighted by molar-refractivity contribution is 5.27. The number of aryl methyl sites for hydroxylation is 1. The third-order valence-corrected chi connectivity index (χ3v) is 4.24. The molecule has 0 radical (unpaired) electrons. The summed E-state index contributed by atoms with van der Waals surface area (Å²) in [6, 6.07) is 3.98. The van der Waals surface area contributed by atoms with Gasteiger partial charge in [0, 0.05) is 24.8 Å². The van der Waals surface area contributed by atoms with Crippen LogP contribution in [0, 0.1) is 12.8 Å². The third kappa shape index (κ3) is 3.45. The van der Waals surface area contributed by atoms with Crippen molar-refractivity contribution in [3.63, 3.8) is 0 Å². The molecule has 1 saturated heterocycles. The Hall–Kier alpha value is -1.13. The summed E-state index contributed by atoms with van der Waals surface area (Å²) in [4.78, 5) is 6.81. The second-order valence-electron chi connectivity index (χ2n) is 5.58. The van der Waals surface area contributed by atoms with Crippen LogP contribution in [0.5, 0.6) is 5.75 Å². The van der Waals surface area contributed by atoms with Crippen LogP contribution >= 0.6 is 0 Å². The first-order chi connectivity index (χ1) is 9.13. The first kappa shape index (κ1) is 14.3. The summed E-state index contributed by atoms with van der Waals surface area (Å²) in [5, 5.41) is 9.90. The highest BCUT2D eigenvalue weighted by Crippen LogP contribution is 2.27. The zero-order valence-corrected chi connectivity index (χ0v) is 12.0. The Balaban J connectivity index is 2.07. The molecule has 0 bridgehead atoms. The lowest BCUT2D eigenvalue weighted by Gasteiger charge is -2.38. The minimum absolute atomic E-state index is 0.291. The Kier molecular flexibility index (Phi) is 4.77. The van der Waals surface area contributed by atoms with Crippen LogP contribution in [0.4, 0.5) is 0 Å². The highest BCUT2D eigenvalue weighted by atomic mass is 16.3. The van der Waals surface area contributed by atoms with Gasteiger partial charge in [-0.25, -0.2) is 0 Å². The molecule has 4 nitrogen and oxygen atoms in total. The van der Waals surface area contributed by atoms with Gasteiger partial charge in [-0.2, -0.15) is 0 Å². The van der Waals surface area contributed by atoms with E-state index in [1.807, 2.05) is 13.0 Å². The zero-order chi connectivity index (χ0) is 13.8. The van der Waals surface area contributed by atoms with E-state index < -0.39 is 0 Å². The maximum Gasteiger partial charge on any atom is 0.138 e. The summed E-state index contributed by atoms with van der Waals surface area (Å²) >= 11 is 0. The van der Waals surface area contributed by atoms with Crippen LogP contribution in [0.25, 0.3) is 0 Å². The number of piperidine rings is 1. The molecule has 1 aliphatic rings. The molecule has 4 heteroatoms. The summed E-state index contributed by atoms with van der Waals surface area (Å²) in [6.07, 6.45) is 3.62. The van der Waals surface area contributed by atoms with Gasteiger partial charge in [-0.15, -0.1) is 0 Å². The fraction of sp³-hybridized carbons (Fsp3) is 0.667. The fourth-order valence-corrected chi connectivity index (χ4v) is 2.92. The van der Waals surface area contributed by atoms with Crippen molar-refractivity contribution in [2.24, 2.45) is 11.7 Å². The molecule has 2 rings (SSSR count). The van der Waals surface area contributed by atoms with Crippen LogP contribution in [-0.2, 0) is 6.54 Å². The van der Waals surface area contributed by atoms with E-state index >= 15 is 0 Å². The van der Waals surface area contributed by atoms with E-state index in [4.69, 9.17) is 5.73 Å². The number of likely N-dealkylation sites (tertiary alicyclic amines) is 1. The number of aromatic nitrogens is 1. The van der Waals surface area contributed by atoms with Crippen molar-refractivity contribution in [2.75, 3.05) is 13.1 Å². The number of aromatic hydroxyl groups is 1. The van der Waals surface area contributed by atoms with Crippen molar-refractivity contribution in [1.82, 2.24) is 9.88 Å². The minimum Gasteiger partial charge on any atom is -0.506 e. The van der Waals surface area contributed by atoms with Gasteiger partial charge >= 0.3 is 0 Å². The molecule has 1 aromatic rings. The van der Waals surface area contributed by atoms with Gasteiger partial charge in [0.2, 0.25) is 0 Å². The van der Waals surface area contributed by atoms with E-state index in [9.17, 15) is 5.11 Å². The Morgan fingerprint density at radius 1 is 1.47 bits per heavy atom. The summed E-state index contributed by atoms with van der Waals surface area (Å²) in [5.41, 5.74) is 7.62. The van der Waals surface area contributed by atoms with E-state index in [0.29, 0.717) is 24.9 Å². The maximum absolute atomic E-state index is 9.90. The lowest BCUT2D eigenvalue weighted by molar-refractivity contribution is 0.105. The molecule has 0 spiro atoms. The first-order valence-electron chi connectivity index (χ1n) is 7.23. The molecule has 2 atom stereocenters. The molecule has 1 aliphatic heterocycles.